The molecule has 2 rings (SSSR count). The van der Waals surface area contributed by atoms with E-state index in [0.717, 1.165) is 5.56 Å². The van der Waals surface area contributed by atoms with Crippen LogP contribution in [0.25, 0.3) is 0 Å². The van der Waals surface area contributed by atoms with Gasteiger partial charge in [0.2, 0.25) is 5.91 Å². The topological polar surface area (TPSA) is 49.9 Å². The molecule has 1 fully saturated rings. The highest BCUT2D eigenvalue weighted by atomic mass is 16.6. The van der Waals surface area contributed by atoms with E-state index in [0.29, 0.717) is 19.6 Å². The molecule has 1 aromatic carbocycles. The van der Waals surface area contributed by atoms with E-state index in [9.17, 15) is 9.59 Å². The number of hydrogen-bond acceptors (Lipinski definition) is 3. The van der Waals surface area contributed by atoms with Crippen LogP contribution in [0.5, 0.6) is 0 Å². The fraction of sp³-hybridized carbons (Fsp3) is 0.375. The van der Waals surface area contributed by atoms with Gasteiger partial charge in [-0.1, -0.05) is 36.9 Å². The normalized spacial score (nSPS) is 18.2. The Bertz CT molecular complexity index is 516. The van der Waals surface area contributed by atoms with Gasteiger partial charge in [-0.3, -0.25) is 4.79 Å². The van der Waals surface area contributed by atoms with Gasteiger partial charge in [-0.25, -0.2) is 4.79 Å². The molecule has 0 aromatic heterocycles. The summed E-state index contributed by atoms with van der Waals surface area (Å²) in [4.78, 5) is 27.0. The Morgan fingerprint density at radius 2 is 2.05 bits per heavy atom. The number of piperazine rings is 1. The molecule has 21 heavy (non-hydrogen) atoms. The monoisotopic (exact) mass is 288 g/mol. The summed E-state index contributed by atoms with van der Waals surface area (Å²) in [5.74, 6) is -0.0980. The molecule has 1 aliphatic heterocycles. The van der Waals surface area contributed by atoms with Crippen molar-refractivity contribution in [3.8, 4) is 0 Å². The van der Waals surface area contributed by atoms with Crippen molar-refractivity contribution < 1.29 is 14.3 Å². The predicted molar refractivity (Wildman–Crippen MR) is 79.6 cm³/mol. The van der Waals surface area contributed by atoms with Crippen molar-refractivity contribution in [2.75, 3.05) is 19.6 Å². The maximum atomic E-state index is 12.1. The zero-order chi connectivity index (χ0) is 15.2. The average Bonchev–Trinajstić information content (AvgIpc) is 2.52. The maximum Gasteiger partial charge on any atom is 0.410 e. The van der Waals surface area contributed by atoms with Gasteiger partial charge in [-0.15, -0.1) is 0 Å². The summed E-state index contributed by atoms with van der Waals surface area (Å²) in [6, 6.07) is 9.50. The van der Waals surface area contributed by atoms with Crippen LogP contribution in [0.3, 0.4) is 0 Å². The summed E-state index contributed by atoms with van der Waals surface area (Å²) >= 11 is 0. The highest BCUT2D eigenvalue weighted by Crippen LogP contribution is 2.12. The first-order chi connectivity index (χ1) is 10.1. The molecule has 1 saturated heterocycles. The molecule has 0 bridgehead atoms. The second kappa shape index (κ2) is 6.92. The number of nitrogens with zero attached hydrogens (tertiary/aromatic N) is 2. The summed E-state index contributed by atoms with van der Waals surface area (Å²) in [6.45, 7) is 7.15. The molecular weight excluding hydrogens is 268 g/mol. The molecule has 0 spiro atoms. The van der Waals surface area contributed by atoms with Crippen LogP contribution in [0.15, 0.2) is 43.0 Å². The zero-order valence-corrected chi connectivity index (χ0v) is 12.2. The molecule has 1 heterocycles. The number of ether oxygens (including phenoxy) is 1. The van der Waals surface area contributed by atoms with Crippen molar-refractivity contribution in [2.24, 2.45) is 0 Å². The summed E-state index contributed by atoms with van der Waals surface area (Å²) in [6.07, 6.45) is 0.966. The first-order valence-electron chi connectivity index (χ1n) is 7.00. The fourth-order valence-corrected chi connectivity index (χ4v) is 2.36. The predicted octanol–water partition coefficient (Wildman–Crippen LogP) is 2.04. The zero-order valence-electron chi connectivity index (χ0n) is 12.2. The third-order valence-corrected chi connectivity index (χ3v) is 3.55. The number of carbonyl (C=O) groups is 2. The minimum Gasteiger partial charge on any atom is -0.445 e. The molecule has 0 aliphatic carbocycles. The SMILES string of the molecule is C=CC(=O)N1CCN(C(=O)OCc2ccccc2)[C@@H](C)C1. The lowest BCUT2D eigenvalue weighted by Gasteiger charge is -2.38. The lowest BCUT2D eigenvalue weighted by atomic mass is 10.2. The van der Waals surface area contributed by atoms with E-state index >= 15 is 0 Å². The van der Waals surface area contributed by atoms with Crippen molar-refractivity contribution in [2.45, 2.75) is 19.6 Å². The van der Waals surface area contributed by atoms with Crippen LogP contribution in [-0.4, -0.2) is 47.5 Å². The molecule has 112 valence electrons. The molecule has 0 unspecified atom stereocenters. The third kappa shape index (κ3) is 3.84. The van der Waals surface area contributed by atoms with E-state index in [4.69, 9.17) is 4.74 Å². The van der Waals surface area contributed by atoms with Gasteiger partial charge in [0.1, 0.15) is 6.61 Å². The summed E-state index contributed by atoms with van der Waals surface area (Å²) < 4.78 is 5.32. The van der Waals surface area contributed by atoms with Crippen molar-refractivity contribution in [1.29, 1.82) is 0 Å². The molecular formula is C16H20N2O3. The van der Waals surface area contributed by atoms with Crippen LogP contribution in [0.4, 0.5) is 4.79 Å². The molecule has 2 amide bonds. The Hall–Kier alpha value is -2.30. The molecule has 0 radical (unpaired) electrons. The quantitative estimate of drug-likeness (QED) is 0.800. The van der Waals surface area contributed by atoms with Gasteiger partial charge in [0.05, 0.1) is 0 Å². The van der Waals surface area contributed by atoms with Gasteiger partial charge in [0.15, 0.2) is 0 Å². The van der Waals surface area contributed by atoms with Gasteiger partial charge in [0.25, 0.3) is 0 Å². The van der Waals surface area contributed by atoms with Crippen molar-refractivity contribution in [3.63, 3.8) is 0 Å². The lowest BCUT2D eigenvalue weighted by molar-refractivity contribution is -0.128. The Morgan fingerprint density at radius 1 is 1.33 bits per heavy atom. The van der Waals surface area contributed by atoms with Crippen LogP contribution in [-0.2, 0) is 16.1 Å². The molecule has 0 N–H and O–H groups in total. The van der Waals surface area contributed by atoms with Crippen molar-refractivity contribution in [1.82, 2.24) is 9.80 Å². The number of carbonyl (C=O) groups excluding carboxylic acids is 2. The van der Waals surface area contributed by atoms with Gasteiger partial charge >= 0.3 is 6.09 Å². The standard InChI is InChI=1S/C16H20N2O3/c1-3-15(19)17-9-10-18(13(2)11-17)16(20)21-12-14-7-5-4-6-8-14/h3-8,13H,1,9-12H2,2H3/t13-/m0/s1. The Morgan fingerprint density at radius 3 is 2.67 bits per heavy atom. The van der Waals surface area contributed by atoms with Crippen molar-refractivity contribution in [3.05, 3.63) is 48.6 Å². The Kier molecular flexibility index (Phi) is 4.98. The smallest absolute Gasteiger partial charge is 0.410 e. The molecule has 5 nitrogen and oxygen atoms in total. The number of rotatable bonds is 3. The van der Waals surface area contributed by atoms with E-state index < -0.39 is 0 Å². The van der Waals surface area contributed by atoms with Crippen LogP contribution < -0.4 is 0 Å². The van der Waals surface area contributed by atoms with E-state index in [2.05, 4.69) is 6.58 Å². The van der Waals surface area contributed by atoms with Gasteiger partial charge < -0.3 is 14.5 Å². The van der Waals surface area contributed by atoms with E-state index in [1.165, 1.54) is 6.08 Å². The first-order valence-corrected chi connectivity index (χ1v) is 7.00. The maximum absolute atomic E-state index is 12.1. The second-order valence-corrected chi connectivity index (χ2v) is 5.07. The molecule has 0 saturated carbocycles. The summed E-state index contributed by atoms with van der Waals surface area (Å²) in [5, 5.41) is 0. The van der Waals surface area contributed by atoms with Crippen LogP contribution in [0.1, 0.15) is 12.5 Å². The van der Waals surface area contributed by atoms with E-state index in [1.54, 1.807) is 9.80 Å². The van der Waals surface area contributed by atoms with Crippen LogP contribution >= 0.6 is 0 Å². The third-order valence-electron chi connectivity index (χ3n) is 3.55. The Balaban J connectivity index is 1.86. The number of amides is 2. The van der Waals surface area contributed by atoms with Gasteiger partial charge in [-0.05, 0) is 18.6 Å². The largest absolute Gasteiger partial charge is 0.445 e. The van der Waals surface area contributed by atoms with Crippen LogP contribution in [0.2, 0.25) is 0 Å². The highest BCUT2D eigenvalue weighted by molar-refractivity contribution is 5.87. The van der Waals surface area contributed by atoms with Crippen LogP contribution in [0, 0.1) is 0 Å². The van der Waals surface area contributed by atoms with Gasteiger partial charge in [0, 0.05) is 25.7 Å². The Labute approximate surface area is 124 Å². The molecule has 1 aliphatic rings. The molecule has 5 heteroatoms. The second-order valence-electron chi connectivity index (χ2n) is 5.07. The first kappa shape index (κ1) is 15.1. The highest BCUT2D eigenvalue weighted by Gasteiger charge is 2.29. The van der Waals surface area contributed by atoms with Crippen molar-refractivity contribution >= 4 is 12.0 Å². The minimum absolute atomic E-state index is 0.0640. The lowest BCUT2D eigenvalue weighted by Crippen LogP contribution is -2.55. The molecule has 1 aromatic rings. The fourth-order valence-electron chi connectivity index (χ4n) is 2.36. The summed E-state index contributed by atoms with van der Waals surface area (Å²) in [7, 11) is 0. The van der Waals surface area contributed by atoms with E-state index in [-0.39, 0.29) is 24.6 Å². The van der Waals surface area contributed by atoms with E-state index in [1.807, 2.05) is 37.3 Å². The van der Waals surface area contributed by atoms with Gasteiger partial charge in [-0.2, -0.15) is 0 Å². The number of benzene rings is 1. The molecule has 1 atom stereocenters. The summed E-state index contributed by atoms with van der Waals surface area (Å²) in [5.41, 5.74) is 0.957. The minimum atomic E-state index is -0.336. The number of hydrogen-bond donors (Lipinski definition) is 0. The average molecular weight is 288 g/mol.